The average molecular weight is 297 g/mol. The first-order chi connectivity index (χ1) is 9.58. The molecule has 0 bridgehead atoms. The maximum absolute atomic E-state index is 12.1. The monoisotopic (exact) mass is 297 g/mol. The minimum Gasteiger partial charge on any atom is -0.463 e. The molecule has 1 aromatic rings. The van der Waals surface area contributed by atoms with Crippen LogP contribution in [0.5, 0.6) is 5.75 Å². The van der Waals surface area contributed by atoms with Crippen LogP contribution in [-0.4, -0.2) is 16.1 Å². The Balaban J connectivity index is 2.61. The molecular formula is C15H23NO3S. The average Bonchev–Trinajstić information content (AvgIpc) is 2.49. The van der Waals surface area contributed by atoms with Gasteiger partial charge in [-0.05, 0) is 44.5 Å². The molecule has 0 saturated heterocycles. The van der Waals surface area contributed by atoms with Gasteiger partial charge in [-0.15, -0.1) is 0 Å². The van der Waals surface area contributed by atoms with Crippen LogP contribution in [0.1, 0.15) is 34.1 Å². The first-order valence-electron chi connectivity index (χ1n) is 6.80. The van der Waals surface area contributed by atoms with E-state index in [-0.39, 0.29) is 5.25 Å². The highest BCUT2D eigenvalue weighted by Crippen LogP contribution is 2.18. The SMILES string of the molecule is CCONC(C)=COc1ccc(S(=O)C(C)CC)cc1. The van der Waals surface area contributed by atoms with Gasteiger partial charge in [0, 0.05) is 10.1 Å². The first kappa shape index (κ1) is 16.7. The number of hydroxylamine groups is 1. The third kappa shape index (κ3) is 5.35. The molecule has 5 heteroatoms. The van der Waals surface area contributed by atoms with Crippen LogP contribution in [0.15, 0.2) is 41.1 Å². The van der Waals surface area contributed by atoms with Crippen LogP contribution < -0.4 is 10.2 Å². The van der Waals surface area contributed by atoms with Crippen LogP contribution in [-0.2, 0) is 15.6 Å². The number of rotatable bonds is 8. The molecule has 0 radical (unpaired) electrons. The van der Waals surface area contributed by atoms with E-state index in [1.165, 1.54) is 0 Å². The molecule has 2 atom stereocenters. The van der Waals surface area contributed by atoms with Gasteiger partial charge in [0.1, 0.15) is 12.0 Å². The molecule has 4 nitrogen and oxygen atoms in total. The van der Waals surface area contributed by atoms with E-state index in [2.05, 4.69) is 5.48 Å². The lowest BCUT2D eigenvalue weighted by Crippen LogP contribution is -2.12. The summed E-state index contributed by atoms with van der Waals surface area (Å²) in [5.41, 5.74) is 3.52. The summed E-state index contributed by atoms with van der Waals surface area (Å²) in [6.45, 7) is 8.37. The molecule has 0 aliphatic carbocycles. The molecule has 1 N–H and O–H groups in total. The summed E-state index contributed by atoms with van der Waals surface area (Å²) >= 11 is 0. The van der Waals surface area contributed by atoms with Crippen LogP contribution >= 0.6 is 0 Å². The van der Waals surface area contributed by atoms with Gasteiger partial charge in [0.25, 0.3) is 0 Å². The standard InChI is InChI=1S/C15H23NO3S/c1-5-13(4)20(17)15-9-7-14(8-10-15)18-11-12(3)16-19-6-2/h7-11,13,16H,5-6H2,1-4H3. The smallest absolute Gasteiger partial charge is 0.126 e. The van der Waals surface area contributed by atoms with Crippen molar-refractivity contribution in [3.63, 3.8) is 0 Å². The topological polar surface area (TPSA) is 47.6 Å². The van der Waals surface area contributed by atoms with Gasteiger partial charge in [0.2, 0.25) is 0 Å². The van der Waals surface area contributed by atoms with E-state index < -0.39 is 10.8 Å². The summed E-state index contributed by atoms with van der Waals surface area (Å²) in [7, 11) is -0.957. The van der Waals surface area contributed by atoms with Crippen molar-refractivity contribution >= 4 is 10.8 Å². The van der Waals surface area contributed by atoms with Gasteiger partial charge >= 0.3 is 0 Å². The van der Waals surface area contributed by atoms with Crippen molar-refractivity contribution in [2.24, 2.45) is 0 Å². The predicted octanol–water partition coefficient (Wildman–Crippen LogP) is 3.37. The molecule has 1 aromatic carbocycles. The highest BCUT2D eigenvalue weighted by Gasteiger charge is 2.10. The van der Waals surface area contributed by atoms with Crippen molar-refractivity contribution in [1.82, 2.24) is 5.48 Å². The molecule has 1 rings (SSSR count). The molecule has 0 fully saturated rings. The molecule has 0 saturated carbocycles. The molecule has 0 aliphatic heterocycles. The van der Waals surface area contributed by atoms with E-state index in [4.69, 9.17) is 9.57 Å². The fraction of sp³-hybridized carbons (Fsp3) is 0.467. The van der Waals surface area contributed by atoms with Crippen molar-refractivity contribution in [3.05, 3.63) is 36.2 Å². The lowest BCUT2D eigenvalue weighted by atomic mass is 10.3. The van der Waals surface area contributed by atoms with Gasteiger partial charge in [0.15, 0.2) is 0 Å². The van der Waals surface area contributed by atoms with Crippen molar-refractivity contribution in [2.75, 3.05) is 6.61 Å². The first-order valence-corrected chi connectivity index (χ1v) is 8.01. The van der Waals surface area contributed by atoms with E-state index in [0.717, 1.165) is 17.0 Å². The minimum atomic E-state index is -0.957. The zero-order valence-electron chi connectivity index (χ0n) is 12.5. The summed E-state index contributed by atoms with van der Waals surface area (Å²) in [6, 6.07) is 7.33. The number of nitrogens with one attached hydrogen (secondary N) is 1. The molecule has 2 unspecified atom stereocenters. The van der Waals surface area contributed by atoms with E-state index in [9.17, 15) is 4.21 Å². The highest BCUT2D eigenvalue weighted by atomic mass is 32.2. The van der Waals surface area contributed by atoms with Crippen LogP contribution in [0.2, 0.25) is 0 Å². The summed E-state index contributed by atoms with van der Waals surface area (Å²) in [5, 5.41) is 0.166. The number of ether oxygens (including phenoxy) is 1. The number of benzene rings is 1. The molecule has 0 spiro atoms. The Labute approximate surface area is 123 Å². The molecule has 0 heterocycles. The number of allylic oxidation sites excluding steroid dienone is 1. The Morgan fingerprint density at radius 3 is 2.55 bits per heavy atom. The minimum absolute atomic E-state index is 0.166. The number of hydrogen-bond donors (Lipinski definition) is 1. The predicted molar refractivity (Wildman–Crippen MR) is 81.8 cm³/mol. The van der Waals surface area contributed by atoms with Gasteiger partial charge in [-0.2, -0.15) is 0 Å². The van der Waals surface area contributed by atoms with E-state index in [1.807, 2.05) is 52.0 Å². The van der Waals surface area contributed by atoms with E-state index >= 15 is 0 Å². The summed E-state index contributed by atoms with van der Waals surface area (Å²) in [5.74, 6) is 0.701. The second kappa shape index (κ2) is 8.76. The molecule has 0 aliphatic rings. The zero-order valence-corrected chi connectivity index (χ0v) is 13.3. The lowest BCUT2D eigenvalue weighted by molar-refractivity contribution is 0.0720. The highest BCUT2D eigenvalue weighted by molar-refractivity contribution is 7.85. The second-order valence-corrected chi connectivity index (χ2v) is 6.31. The molecule has 112 valence electrons. The van der Waals surface area contributed by atoms with Crippen LogP contribution in [0.4, 0.5) is 0 Å². The van der Waals surface area contributed by atoms with Crippen molar-refractivity contribution in [3.8, 4) is 5.75 Å². The number of hydrogen-bond acceptors (Lipinski definition) is 4. The normalized spacial score (nSPS) is 14.7. The van der Waals surface area contributed by atoms with Crippen molar-refractivity contribution < 1.29 is 13.8 Å². The largest absolute Gasteiger partial charge is 0.463 e. The fourth-order valence-corrected chi connectivity index (χ4v) is 2.57. The second-order valence-electron chi connectivity index (χ2n) is 4.44. The maximum atomic E-state index is 12.1. The third-order valence-electron chi connectivity index (χ3n) is 2.75. The van der Waals surface area contributed by atoms with Crippen molar-refractivity contribution in [1.29, 1.82) is 0 Å². The molecular weight excluding hydrogens is 274 g/mol. The maximum Gasteiger partial charge on any atom is 0.126 e. The van der Waals surface area contributed by atoms with Gasteiger partial charge < -0.3 is 4.74 Å². The Kier molecular flexibility index (Phi) is 7.33. The van der Waals surface area contributed by atoms with Gasteiger partial charge in [-0.1, -0.05) is 13.8 Å². The van der Waals surface area contributed by atoms with Crippen molar-refractivity contribution in [2.45, 2.75) is 44.3 Å². The lowest BCUT2D eigenvalue weighted by Gasteiger charge is -2.09. The van der Waals surface area contributed by atoms with Gasteiger partial charge in [0.05, 0.1) is 23.1 Å². The quantitative estimate of drug-likeness (QED) is 0.590. The summed E-state index contributed by atoms with van der Waals surface area (Å²) < 4.78 is 17.6. The Morgan fingerprint density at radius 1 is 1.35 bits per heavy atom. The van der Waals surface area contributed by atoms with Gasteiger partial charge in [-0.3, -0.25) is 14.5 Å². The zero-order chi connectivity index (χ0) is 15.0. The summed E-state index contributed by atoms with van der Waals surface area (Å²) in [4.78, 5) is 5.87. The van der Waals surface area contributed by atoms with Crippen LogP contribution in [0.3, 0.4) is 0 Å². The van der Waals surface area contributed by atoms with E-state index in [1.54, 1.807) is 6.26 Å². The summed E-state index contributed by atoms with van der Waals surface area (Å²) in [6.07, 6.45) is 2.48. The Morgan fingerprint density at radius 2 is 2.00 bits per heavy atom. The molecule has 20 heavy (non-hydrogen) atoms. The Bertz CT molecular complexity index is 457. The van der Waals surface area contributed by atoms with Crippen LogP contribution in [0, 0.1) is 0 Å². The molecule has 0 aromatic heterocycles. The third-order valence-corrected chi connectivity index (χ3v) is 4.55. The fourth-order valence-electron chi connectivity index (χ4n) is 1.40. The van der Waals surface area contributed by atoms with Crippen LogP contribution in [0.25, 0.3) is 0 Å². The van der Waals surface area contributed by atoms with Gasteiger partial charge in [-0.25, -0.2) is 0 Å². The molecule has 0 amide bonds. The Hall–Kier alpha value is -1.33. The van der Waals surface area contributed by atoms with E-state index in [0.29, 0.717) is 12.4 Å².